The first-order chi connectivity index (χ1) is 28.1. The fourth-order valence-electron chi connectivity index (χ4n) is 5.78. The van der Waals surface area contributed by atoms with Crippen molar-refractivity contribution in [1.82, 2.24) is 5.32 Å². The fourth-order valence-corrected chi connectivity index (χ4v) is 7.95. The smallest absolute Gasteiger partial charge is 0.341 e. The van der Waals surface area contributed by atoms with Gasteiger partial charge in [-0.1, -0.05) is 84.9 Å². The van der Waals surface area contributed by atoms with Gasteiger partial charge in [-0.05, 0) is 84.3 Å². The summed E-state index contributed by atoms with van der Waals surface area (Å²) in [6.45, 7) is 1.63. The molecule has 0 saturated carbocycles. The predicted molar refractivity (Wildman–Crippen MR) is 228 cm³/mol. The number of thiophene rings is 1. The second-order valence-corrected chi connectivity index (χ2v) is 14.8. The van der Waals surface area contributed by atoms with Crippen LogP contribution >= 0.6 is 23.1 Å². The molecule has 0 aliphatic heterocycles. The lowest BCUT2D eigenvalue weighted by molar-refractivity contribution is -0.116. The van der Waals surface area contributed by atoms with Gasteiger partial charge in [0.15, 0.2) is 0 Å². The van der Waals surface area contributed by atoms with Crippen molar-refractivity contribution in [3.8, 4) is 5.75 Å². The maximum Gasteiger partial charge on any atom is 0.341 e. The molecule has 0 saturated heterocycles. The third-order valence-electron chi connectivity index (χ3n) is 8.63. The molecule has 1 aromatic heterocycles. The molecular weight excluding hydrogens is 773 g/mol. The number of para-hydroxylation sites is 1. The number of benzene rings is 5. The van der Waals surface area contributed by atoms with E-state index in [0.29, 0.717) is 44.3 Å². The lowest BCUT2D eigenvalue weighted by Crippen LogP contribution is -2.30. The summed E-state index contributed by atoms with van der Waals surface area (Å²) in [5.74, 6) is -2.06. The minimum atomic E-state index is -0.838. The van der Waals surface area contributed by atoms with Crippen LogP contribution in [-0.4, -0.2) is 43.8 Å². The Morgan fingerprint density at radius 3 is 2.03 bits per heavy atom. The molecule has 58 heavy (non-hydrogen) atoms. The molecule has 0 bridgehead atoms. The van der Waals surface area contributed by atoms with E-state index in [2.05, 4.69) is 21.3 Å². The summed E-state index contributed by atoms with van der Waals surface area (Å²) in [5, 5.41) is 10.7. The highest BCUT2D eigenvalue weighted by molar-refractivity contribution is 8.00. The van der Waals surface area contributed by atoms with Crippen molar-refractivity contribution in [1.29, 1.82) is 0 Å². The monoisotopic (exact) mass is 810 g/mol. The largest absolute Gasteiger partial charge is 0.497 e. The van der Waals surface area contributed by atoms with Crippen molar-refractivity contribution in [3.63, 3.8) is 0 Å². The van der Waals surface area contributed by atoms with Crippen LogP contribution in [0.2, 0.25) is 0 Å². The summed E-state index contributed by atoms with van der Waals surface area (Å²) in [4.78, 5) is 68.5. The van der Waals surface area contributed by atoms with Gasteiger partial charge < -0.3 is 30.7 Å². The Kier molecular flexibility index (Phi) is 13.5. The highest BCUT2D eigenvalue weighted by atomic mass is 32.2. The summed E-state index contributed by atoms with van der Waals surface area (Å²) in [5.41, 5.74) is 3.09. The van der Waals surface area contributed by atoms with Crippen LogP contribution in [0.1, 0.15) is 52.3 Å². The molecular formula is C45H38N4O7S2. The zero-order valence-corrected chi connectivity index (χ0v) is 33.2. The number of esters is 1. The van der Waals surface area contributed by atoms with Gasteiger partial charge in [0.05, 0.1) is 24.7 Å². The lowest BCUT2D eigenvalue weighted by atomic mass is 10.1. The molecule has 1 atom stereocenters. The summed E-state index contributed by atoms with van der Waals surface area (Å²) in [7, 11) is 2.77. The number of ether oxygens (including phenoxy) is 2. The van der Waals surface area contributed by atoms with E-state index >= 15 is 0 Å². The first-order valence-electron chi connectivity index (χ1n) is 17.9. The minimum Gasteiger partial charge on any atom is -0.497 e. The van der Waals surface area contributed by atoms with Crippen LogP contribution < -0.4 is 26.0 Å². The van der Waals surface area contributed by atoms with E-state index in [-0.39, 0.29) is 21.1 Å². The van der Waals surface area contributed by atoms with Gasteiger partial charge in [-0.25, -0.2) is 4.79 Å². The minimum absolute atomic E-state index is 0.00817. The third-order valence-corrected chi connectivity index (χ3v) is 11.1. The zero-order chi connectivity index (χ0) is 41.0. The molecule has 4 amide bonds. The molecule has 0 radical (unpaired) electrons. The first kappa shape index (κ1) is 40.7. The van der Waals surface area contributed by atoms with Gasteiger partial charge in [-0.15, -0.1) is 23.1 Å². The van der Waals surface area contributed by atoms with Crippen LogP contribution in [0, 0.1) is 6.92 Å². The zero-order valence-electron chi connectivity index (χ0n) is 31.6. The number of rotatable bonds is 14. The number of amides is 4. The molecule has 13 heteroatoms. The molecule has 0 aliphatic carbocycles. The number of carbonyl (C=O) groups excluding carboxylic acids is 5. The lowest BCUT2D eigenvalue weighted by Gasteiger charge is -2.18. The van der Waals surface area contributed by atoms with Crippen LogP contribution in [0.15, 0.2) is 150 Å². The summed E-state index contributed by atoms with van der Waals surface area (Å²) < 4.78 is 10.4. The molecule has 1 heterocycles. The normalized spacial score (nSPS) is 11.5. The first-order valence-corrected chi connectivity index (χ1v) is 19.6. The molecule has 5 aromatic carbocycles. The maximum absolute atomic E-state index is 14.2. The van der Waals surface area contributed by atoms with E-state index in [0.717, 1.165) is 11.3 Å². The highest BCUT2D eigenvalue weighted by Crippen LogP contribution is 2.40. The predicted octanol–water partition coefficient (Wildman–Crippen LogP) is 8.99. The van der Waals surface area contributed by atoms with Crippen molar-refractivity contribution in [2.75, 3.05) is 30.2 Å². The van der Waals surface area contributed by atoms with E-state index in [1.54, 1.807) is 116 Å². The summed E-state index contributed by atoms with van der Waals surface area (Å²) >= 11 is 2.20. The Hall–Kier alpha value is -6.96. The SMILES string of the molecule is COC(=O)c1c(NC(=O)C(Sc2cccc(NC(=O)/C(=C/c3cccc(OC)c3)NC(=O)c3ccccc3)c2)c2ccccc2)sc(C(=O)Nc2ccccc2)c1C. The highest BCUT2D eigenvalue weighted by Gasteiger charge is 2.30. The number of methoxy groups -OCH3 is 2. The van der Waals surface area contributed by atoms with Crippen LogP contribution in [0.5, 0.6) is 5.75 Å². The second-order valence-electron chi connectivity index (χ2n) is 12.6. The van der Waals surface area contributed by atoms with Crippen LogP contribution in [0.3, 0.4) is 0 Å². The maximum atomic E-state index is 14.2. The molecule has 0 fully saturated rings. The van der Waals surface area contributed by atoms with Gasteiger partial charge in [-0.3, -0.25) is 19.2 Å². The Labute approximate surface area is 343 Å². The van der Waals surface area contributed by atoms with Gasteiger partial charge in [0.25, 0.3) is 17.7 Å². The van der Waals surface area contributed by atoms with E-state index in [9.17, 15) is 24.0 Å². The Bertz CT molecular complexity index is 2470. The van der Waals surface area contributed by atoms with E-state index in [1.165, 1.54) is 26.0 Å². The van der Waals surface area contributed by atoms with Crippen molar-refractivity contribution in [2.24, 2.45) is 0 Å². The summed E-state index contributed by atoms with van der Waals surface area (Å²) in [6.07, 6.45) is 1.55. The van der Waals surface area contributed by atoms with Crippen LogP contribution in [0.25, 0.3) is 6.08 Å². The Morgan fingerprint density at radius 1 is 0.690 bits per heavy atom. The number of nitrogens with one attached hydrogen (secondary N) is 4. The molecule has 6 aromatic rings. The number of hydrogen-bond donors (Lipinski definition) is 4. The van der Waals surface area contributed by atoms with Gasteiger partial charge >= 0.3 is 5.97 Å². The molecule has 6 rings (SSSR count). The van der Waals surface area contributed by atoms with Gasteiger partial charge in [0.2, 0.25) is 5.91 Å². The molecule has 4 N–H and O–H groups in total. The van der Waals surface area contributed by atoms with E-state index in [4.69, 9.17) is 9.47 Å². The quantitative estimate of drug-likeness (QED) is 0.0484. The van der Waals surface area contributed by atoms with Crippen molar-refractivity contribution < 1.29 is 33.4 Å². The van der Waals surface area contributed by atoms with E-state index in [1.807, 2.05) is 36.4 Å². The summed E-state index contributed by atoms with van der Waals surface area (Å²) in [6, 6.07) is 40.5. The van der Waals surface area contributed by atoms with Crippen molar-refractivity contribution in [2.45, 2.75) is 17.1 Å². The van der Waals surface area contributed by atoms with Crippen molar-refractivity contribution >= 4 is 75.1 Å². The topological polar surface area (TPSA) is 152 Å². The van der Waals surface area contributed by atoms with Crippen LogP contribution in [0.4, 0.5) is 16.4 Å². The Balaban J connectivity index is 1.26. The van der Waals surface area contributed by atoms with E-state index < -0.39 is 34.8 Å². The number of hydrogen-bond acceptors (Lipinski definition) is 9. The average Bonchev–Trinajstić information content (AvgIpc) is 3.58. The van der Waals surface area contributed by atoms with Gasteiger partial charge in [0.1, 0.15) is 21.7 Å². The molecule has 0 aliphatic rings. The molecule has 11 nitrogen and oxygen atoms in total. The molecule has 0 spiro atoms. The molecule has 1 unspecified atom stereocenters. The van der Waals surface area contributed by atoms with Crippen LogP contribution in [-0.2, 0) is 14.3 Å². The Morgan fingerprint density at radius 2 is 1.34 bits per heavy atom. The average molecular weight is 811 g/mol. The number of thioether (sulfide) groups is 1. The second kappa shape index (κ2) is 19.3. The fraction of sp³-hybridized carbons (Fsp3) is 0.0889. The van der Waals surface area contributed by atoms with Crippen molar-refractivity contribution in [3.05, 3.63) is 178 Å². The number of anilines is 3. The molecule has 292 valence electrons. The van der Waals surface area contributed by atoms with Gasteiger partial charge in [-0.2, -0.15) is 0 Å². The third kappa shape index (κ3) is 10.3. The number of carbonyl (C=O) groups is 5. The standard InChI is InChI=1S/C45H38N4O7S2/c1-28-37(45(54)56-3)44(58-38(28)42(52)46-32-20-11-6-12-21-32)49-43(53)39(30-16-7-4-8-17-30)57-35-24-14-22-33(27-35)47-41(51)36(26-29-15-13-23-34(25-29)55-2)48-40(50)31-18-9-5-10-19-31/h4-27,39H,1-3H3,(H,46,52)(H,47,51)(H,48,50)(H,49,53)/b36-26-. The van der Waals surface area contributed by atoms with Gasteiger partial charge in [0, 0.05) is 21.8 Å².